The van der Waals surface area contributed by atoms with Gasteiger partial charge in [0.2, 0.25) is 0 Å². The van der Waals surface area contributed by atoms with Crippen molar-refractivity contribution >= 4 is 27.8 Å². The van der Waals surface area contributed by atoms with Gasteiger partial charge in [0.25, 0.3) is 0 Å². The summed E-state index contributed by atoms with van der Waals surface area (Å²) in [6.45, 7) is 0. The van der Waals surface area contributed by atoms with Gasteiger partial charge < -0.3 is 4.90 Å². The number of hydrogen-bond donors (Lipinski definition) is 0. The summed E-state index contributed by atoms with van der Waals surface area (Å²) in [6, 6.07) is 92.3. The van der Waals surface area contributed by atoms with Crippen LogP contribution in [-0.4, -0.2) is 0 Å². The quantitative estimate of drug-likeness (QED) is 0.147. The van der Waals surface area contributed by atoms with Crippen molar-refractivity contribution in [3.8, 4) is 22.3 Å². The van der Waals surface area contributed by atoms with E-state index >= 15 is 0 Å². The Hall–Kier alpha value is -7.74. The van der Waals surface area contributed by atoms with Crippen LogP contribution in [0.4, 0.5) is 17.1 Å². The van der Waals surface area contributed by atoms with Gasteiger partial charge in [-0.2, -0.15) is 0 Å². The van der Waals surface area contributed by atoms with Gasteiger partial charge in [0.05, 0.1) is 16.5 Å². The summed E-state index contributed by atoms with van der Waals surface area (Å²) in [7, 11) is 0. The van der Waals surface area contributed by atoms with Gasteiger partial charge in [0, 0.05) is 16.8 Å². The smallest absolute Gasteiger partial charge is 0.0713 e. The third kappa shape index (κ3) is 5.81. The van der Waals surface area contributed by atoms with E-state index in [0.717, 1.165) is 29.1 Å². The zero-order chi connectivity index (χ0) is 46.7. The highest BCUT2D eigenvalue weighted by Crippen LogP contribution is 2.63. The summed E-state index contributed by atoms with van der Waals surface area (Å²) in [5, 5.41) is 2.75. The van der Waals surface area contributed by atoms with Crippen LogP contribution in [-0.2, 0) is 16.2 Å². The van der Waals surface area contributed by atoms with Gasteiger partial charge in [0.15, 0.2) is 0 Å². The fraction of sp³-hybridized carbons (Fsp3) is 0.171. The van der Waals surface area contributed by atoms with Gasteiger partial charge in [0.1, 0.15) is 0 Å². The van der Waals surface area contributed by atoms with Crippen LogP contribution in [0.25, 0.3) is 33.0 Å². The summed E-state index contributed by atoms with van der Waals surface area (Å²) in [4.78, 5) is 2.55. The largest absolute Gasteiger partial charge is 0.310 e. The van der Waals surface area contributed by atoms with E-state index in [4.69, 9.17) is 0 Å². The molecule has 0 heterocycles. The van der Waals surface area contributed by atoms with Crippen molar-refractivity contribution in [1.82, 2.24) is 0 Å². The maximum absolute atomic E-state index is 2.56. The van der Waals surface area contributed by atoms with Crippen LogP contribution in [0.1, 0.15) is 88.6 Å². The van der Waals surface area contributed by atoms with Gasteiger partial charge >= 0.3 is 0 Å². The first-order valence-electron chi connectivity index (χ1n) is 26.2. The van der Waals surface area contributed by atoms with Crippen LogP contribution in [0.15, 0.2) is 243 Å². The lowest BCUT2D eigenvalue weighted by Gasteiger charge is -2.57. The molecule has 340 valence electrons. The lowest BCUT2D eigenvalue weighted by Crippen LogP contribution is -2.48. The average molecular weight is 910 g/mol. The number of nitrogens with zero attached hydrogens (tertiary/aromatic N) is 1. The molecule has 6 aliphatic carbocycles. The van der Waals surface area contributed by atoms with Gasteiger partial charge in [-0.05, 0) is 170 Å². The monoisotopic (exact) mass is 909 g/mol. The highest BCUT2D eigenvalue weighted by Gasteiger charge is 2.52. The molecule has 0 atom stereocenters. The van der Waals surface area contributed by atoms with Crippen LogP contribution < -0.4 is 4.90 Å². The molecule has 4 bridgehead atoms. The molecule has 0 amide bonds. The second-order valence-corrected chi connectivity index (χ2v) is 21.7. The normalized spacial score (nSPS) is 21.3. The zero-order valence-corrected chi connectivity index (χ0v) is 40.0. The zero-order valence-electron chi connectivity index (χ0n) is 40.0. The fourth-order valence-electron chi connectivity index (χ4n) is 16.0. The molecule has 16 rings (SSSR count). The molecule has 0 unspecified atom stereocenters. The predicted octanol–water partition coefficient (Wildman–Crippen LogP) is 17.5. The molecule has 71 heavy (non-hydrogen) atoms. The van der Waals surface area contributed by atoms with Crippen LogP contribution in [0, 0.1) is 17.8 Å². The maximum atomic E-state index is 2.56. The van der Waals surface area contributed by atoms with E-state index < -0.39 is 10.8 Å². The van der Waals surface area contributed by atoms with E-state index in [-0.39, 0.29) is 5.41 Å². The molecule has 0 aromatic heterocycles. The van der Waals surface area contributed by atoms with E-state index in [1.807, 2.05) is 0 Å². The number of rotatable bonds is 8. The minimum absolute atomic E-state index is 0.278. The van der Waals surface area contributed by atoms with E-state index in [1.54, 1.807) is 5.56 Å². The van der Waals surface area contributed by atoms with Crippen LogP contribution in [0.5, 0.6) is 0 Å². The molecule has 0 saturated heterocycles. The van der Waals surface area contributed by atoms with Crippen LogP contribution >= 0.6 is 0 Å². The molecule has 10 aromatic rings. The van der Waals surface area contributed by atoms with Crippen molar-refractivity contribution in [2.75, 3.05) is 4.90 Å². The number of fused-ring (bicyclic) bond motifs is 7. The second-order valence-electron chi connectivity index (χ2n) is 21.7. The van der Waals surface area contributed by atoms with E-state index in [2.05, 4.69) is 248 Å². The Morgan fingerprint density at radius 2 is 0.620 bits per heavy atom. The van der Waals surface area contributed by atoms with Crippen LogP contribution in [0.2, 0.25) is 0 Å². The first-order chi connectivity index (χ1) is 35.1. The van der Waals surface area contributed by atoms with Crippen molar-refractivity contribution in [1.29, 1.82) is 0 Å². The first-order valence-corrected chi connectivity index (χ1v) is 26.2. The molecule has 0 spiro atoms. The average Bonchev–Trinajstić information content (AvgIpc) is 3.90. The molecule has 0 radical (unpaired) electrons. The maximum Gasteiger partial charge on any atom is 0.0713 e. The van der Waals surface area contributed by atoms with Crippen molar-refractivity contribution in [3.05, 3.63) is 293 Å². The van der Waals surface area contributed by atoms with E-state index in [9.17, 15) is 0 Å². The van der Waals surface area contributed by atoms with Crippen molar-refractivity contribution < 1.29 is 0 Å². The summed E-state index contributed by atoms with van der Waals surface area (Å²) in [5.41, 5.74) is 20.1. The SMILES string of the molecule is c1ccc(C2(c3ccc(N(c4ccc(C5(c6ccccc6)c6ccccc6-c6ccccc65)cc4)c4ccc(C56CC7CC(CC(C7)C5)C6)c5ccccc45)cc3)c3ccccc3-c3ccccc32)cc1. The Labute approximate surface area is 418 Å². The second kappa shape index (κ2) is 15.6. The lowest BCUT2D eigenvalue weighted by molar-refractivity contribution is -0.00449. The van der Waals surface area contributed by atoms with E-state index in [0.29, 0.717) is 0 Å². The molecule has 0 N–H and O–H groups in total. The fourth-order valence-corrected chi connectivity index (χ4v) is 16.0. The molecule has 1 heteroatoms. The summed E-state index contributed by atoms with van der Waals surface area (Å²) in [6.07, 6.45) is 8.38. The molecule has 0 aliphatic heterocycles. The van der Waals surface area contributed by atoms with Gasteiger partial charge in [-0.1, -0.05) is 212 Å². The standard InChI is InChI=1S/C70H55N/c1-3-17-50(18-4-1)69(63-27-13-9-21-56(63)57-22-10-14-28-64(57)69)52-31-35-54(36-32-52)71(67-40-39-62(60-25-7-8-26-61(60)67)68-44-47-41-48(45-68)43-49(42-47)46-68)55-37-33-53(34-38-55)70(51-19-5-2-6-20-51)65-29-15-11-23-58(65)59-24-12-16-30-66(59)70/h1-40,47-49H,41-46H2. The number of anilines is 3. The minimum atomic E-state index is -0.467. The molecular weight excluding hydrogens is 855 g/mol. The summed E-state index contributed by atoms with van der Waals surface area (Å²) >= 11 is 0. The number of benzene rings is 10. The van der Waals surface area contributed by atoms with Crippen molar-refractivity contribution in [2.45, 2.75) is 54.8 Å². The van der Waals surface area contributed by atoms with Gasteiger partial charge in [-0.15, -0.1) is 0 Å². The van der Waals surface area contributed by atoms with Gasteiger partial charge in [-0.3, -0.25) is 0 Å². The topological polar surface area (TPSA) is 3.24 Å². The third-order valence-corrected chi connectivity index (χ3v) is 18.2. The molecule has 4 saturated carbocycles. The Kier molecular flexibility index (Phi) is 9.04. The Morgan fingerprint density at radius 3 is 1.03 bits per heavy atom. The molecule has 1 nitrogen and oxygen atoms in total. The summed E-state index contributed by atoms with van der Waals surface area (Å²) in [5.74, 6) is 2.64. The molecule has 6 aliphatic rings. The van der Waals surface area contributed by atoms with Gasteiger partial charge in [-0.25, -0.2) is 0 Å². The number of hydrogen-bond acceptors (Lipinski definition) is 1. The molecular formula is C70H55N. The lowest BCUT2D eigenvalue weighted by atomic mass is 9.47. The van der Waals surface area contributed by atoms with Crippen molar-refractivity contribution in [3.63, 3.8) is 0 Å². The Morgan fingerprint density at radius 1 is 0.282 bits per heavy atom. The first kappa shape index (κ1) is 41.1. The summed E-state index contributed by atoms with van der Waals surface area (Å²) < 4.78 is 0. The minimum Gasteiger partial charge on any atom is -0.310 e. The van der Waals surface area contributed by atoms with E-state index in [1.165, 1.54) is 122 Å². The van der Waals surface area contributed by atoms with Crippen LogP contribution in [0.3, 0.4) is 0 Å². The Bertz CT molecular complexity index is 3370. The Balaban J connectivity index is 0.931. The molecule has 4 fully saturated rings. The highest BCUT2D eigenvalue weighted by atomic mass is 15.1. The molecule has 10 aromatic carbocycles. The van der Waals surface area contributed by atoms with Crippen molar-refractivity contribution in [2.24, 2.45) is 17.8 Å². The third-order valence-electron chi connectivity index (χ3n) is 18.2. The highest BCUT2D eigenvalue weighted by molar-refractivity contribution is 6.01. The predicted molar refractivity (Wildman–Crippen MR) is 293 cm³/mol.